The molecule has 6 nitrogen and oxygen atoms in total. The maximum atomic E-state index is 12.5. The number of rotatable bonds is 5. The minimum atomic E-state index is -0.314. The standard InChI is InChI=1S/C23H29ClN2O4/c1-5-13-11-26-9-8-14-20-19(29-3)7-6-17(24)22(20)25-21(14)18(26)10-15(13)16(12-28-2)23(27)30-4/h6-7,12-13,15,18,25H,5,8-11H2,1-4H3/b16-12+/t13?,15-,18-/m0/s1. The molecule has 2 aliphatic heterocycles. The number of hydrogen-bond donors (Lipinski definition) is 1. The van der Waals surface area contributed by atoms with E-state index in [9.17, 15) is 4.79 Å². The highest BCUT2D eigenvalue weighted by molar-refractivity contribution is 6.35. The van der Waals surface area contributed by atoms with Crippen LogP contribution < -0.4 is 4.74 Å². The van der Waals surface area contributed by atoms with Crippen molar-refractivity contribution in [3.05, 3.63) is 40.2 Å². The zero-order valence-corrected chi connectivity index (χ0v) is 18.7. The third kappa shape index (κ3) is 3.36. The van der Waals surface area contributed by atoms with Gasteiger partial charge in [0.05, 0.1) is 49.7 Å². The summed E-state index contributed by atoms with van der Waals surface area (Å²) in [6.07, 6.45) is 4.32. The molecule has 0 aliphatic carbocycles. The summed E-state index contributed by atoms with van der Waals surface area (Å²) >= 11 is 6.52. The summed E-state index contributed by atoms with van der Waals surface area (Å²) in [5.41, 5.74) is 4.00. The number of aromatic amines is 1. The minimum Gasteiger partial charge on any atom is -0.504 e. The van der Waals surface area contributed by atoms with Crippen LogP contribution in [0.25, 0.3) is 10.9 Å². The molecule has 2 aromatic rings. The maximum Gasteiger partial charge on any atom is 0.337 e. The number of halogens is 1. The highest BCUT2D eigenvalue weighted by atomic mass is 35.5. The number of carbonyl (C=O) groups is 1. The normalized spacial score (nSPS) is 24.3. The summed E-state index contributed by atoms with van der Waals surface area (Å²) in [6, 6.07) is 3.98. The number of aromatic nitrogens is 1. The molecule has 2 aliphatic rings. The molecule has 0 bridgehead atoms. The Morgan fingerprint density at radius 2 is 2.13 bits per heavy atom. The van der Waals surface area contributed by atoms with Gasteiger partial charge in [0, 0.05) is 24.2 Å². The second-order valence-corrected chi connectivity index (χ2v) is 8.50. The van der Waals surface area contributed by atoms with E-state index in [0.29, 0.717) is 16.5 Å². The zero-order chi connectivity index (χ0) is 21.4. The van der Waals surface area contributed by atoms with Crippen molar-refractivity contribution in [3.63, 3.8) is 0 Å². The summed E-state index contributed by atoms with van der Waals surface area (Å²) in [5, 5.41) is 1.77. The van der Waals surface area contributed by atoms with Gasteiger partial charge in [0.2, 0.25) is 0 Å². The van der Waals surface area contributed by atoms with Gasteiger partial charge in [0.1, 0.15) is 5.75 Å². The number of H-pyrrole nitrogens is 1. The van der Waals surface area contributed by atoms with Crippen molar-refractivity contribution in [2.24, 2.45) is 11.8 Å². The molecule has 0 radical (unpaired) electrons. The molecule has 1 N–H and O–H groups in total. The number of carbonyl (C=O) groups excluding carboxylic acids is 1. The molecule has 0 saturated carbocycles. The molecule has 1 aromatic carbocycles. The summed E-state index contributed by atoms with van der Waals surface area (Å²) in [7, 11) is 4.69. The number of fused-ring (bicyclic) bond motifs is 5. The summed E-state index contributed by atoms with van der Waals surface area (Å²) < 4.78 is 16.0. The maximum absolute atomic E-state index is 12.5. The molecule has 1 saturated heterocycles. The smallest absolute Gasteiger partial charge is 0.337 e. The quantitative estimate of drug-likeness (QED) is 0.428. The lowest BCUT2D eigenvalue weighted by Crippen LogP contribution is -2.47. The van der Waals surface area contributed by atoms with Gasteiger partial charge < -0.3 is 19.2 Å². The molecule has 1 fully saturated rings. The van der Waals surface area contributed by atoms with Crippen molar-refractivity contribution in [2.75, 3.05) is 34.4 Å². The second-order valence-electron chi connectivity index (χ2n) is 8.09. The molecule has 3 heterocycles. The fraction of sp³-hybridized carbons (Fsp3) is 0.522. The van der Waals surface area contributed by atoms with E-state index in [4.69, 9.17) is 25.8 Å². The van der Waals surface area contributed by atoms with Gasteiger partial charge in [-0.05, 0) is 42.4 Å². The Morgan fingerprint density at radius 3 is 2.80 bits per heavy atom. The Balaban J connectivity index is 1.79. The summed E-state index contributed by atoms with van der Waals surface area (Å²) in [6.45, 7) is 4.09. The van der Waals surface area contributed by atoms with E-state index in [1.807, 2.05) is 12.1 Å². The fourth-order valence-electron chi connectivity index (χ4n) is 5.31. The Morgan fingerprint density at radius 1 is 1.33 bits per heavy atom. The number of benzene rings is 1. The first-order valence-electron chi connectivity index (χ1n) is 10.5. The van der Waals surface area contributed by atoms with Crippen LogP contribution in [-0.4, -0.2) is 50.3 Å². The van der Waals surface area contributed by atoms with E-state index in [-0.39, 0.29) is 17.9 Å². The number of esters is 1. The predicted octanol–water partition coefficient (Wildman–Crippen LogP) is 4.48. The first-order valence-corrected chi connectivity index (χ1v) is 10.8. The summed E-state index contributed by atoms with van der Waals surface area (Å²) in [4.78, 5) is 18.6. The summed E-state index contributed by atoms with van der Waals surface area (Å²) in [5.74, 6) is 0.962. The Bertz CT molecular complexity index is 983. The molecule has 0 spiro atoms. The van der Waals surface area contributed by atoms with E-state index in [0.717, 1.165) is 49.0 Å². The van der Waals surface area contributed by atoms with Crippen molar-refractivity contribution in [1.82, 2.24) is 9.88 Å². The van der Waals surface area contributed by atoms with Gasteiger partial charge >= 0.3 is 5.97 Å². The van der Waals surface area contributed by atoms with Crippen LogP contribution in [0.3, 0.4) is 0 Å². The highest BCUT2D eigenvalue weighted by Gasteiger charge is 2.42. The van der Waals surface area contributed by atoms with Crippen molar-refractivity contribution in [2.45, 2.75) is 32.2 Å². The monoisotopic (exact) mass is 432 g/mol. The van der Waals surface area contributed by atoms with Crippen molar-refractivity contribution >= 4 is 28.5 Å². The van der Waals surface area contributed by atoms with Gasteiger partial charge in [-0.1, -0.05) is 24.9 Å². The molecule has 1 unspecified atom stereocenters. The number of methoxy groups -OCH3 is 3. The number of nitrogens with one attached hydrogen (secondary N) is 1. The lowest BCUT2D eigenvalue weighted by molar-refractivity contribution is -0.137. The van der Waals surface area contributed by atoms with Crippen LogP contribution in [0.5, 0.6) is 5.75 Å². The second kappa shape index (κ2) is 8.52. The number of piperidine rings is 1. The topological polar surface area (TPSA) is 63.8 Å². The molecule has 30 heavy (non-hydrogen) atoms. The van der Waals surface area contributed by atoms with Gasteiger partial charge in [-0.2, -0.15) is 0 Å². The van der Waals surface area contributed by atoms with Crippen LogP contribution >= 0.6 is 11.6 Å². The molecule has 4 rings (SSSR count). The van der Waals surface area contributed by atoms with Crippen LogP contribution in [0.2, 0.25) is 5.02 Å². The first-order chi connectivity index (χ1) is 14.5. The first kappa shape index (κ1) is 21.1. The lowest BCUT2D eigenvalue weighted by atomic mass is 9.74. The molecule has 0 amide bonds. The molecule has 3 atom stereocenters. The van der Waals surface area contributed by atoms with Crippen molar-refractivity contribution in [3.8, 4) is 5.75 Å². The largest absolute Gasteiger partial charge is 0.504 e. The average molecular weight is 433 g/mol. The highest BCUT2D eigenvalue weighted by Crippen LogP contribution is 2.47. The number of hydrogen-bond acceptors (Lipinski definition) is 5. The van der Waals surface area contributed by atoms with E-state index >= 15 is 0 Å². The van der Waals surface area contributed by atoms with Gasteiger partial charge in [-0.3, -0.25) is 4.90 Å². The zero-order valence-electron chi connectivity index (χ0n) is 18.0. The van der Waals surface area contributed by atoms with Crippen LogP contribution in [-0.2, 0) is 20.7 Å². The van der Waals surface area contributed by atoms with Gasteiger partial charge in [-0.15, -0.1) is 0 Å². The van der Waals surface area contributed by atoms with Crippen LogP contribution in [0.1, 0.15) is 37.1 Å². The number of nitrogens with zero attached hydrogens (tertiary/aromatic N) is 1. The fourth-order valence-corrected chi connectivity index (χ4v) is 5.51. The minimum absolute atomic E-state index is 0.0679. The third-order valence-corrected chi connectivity index (χ3v) is 7.07. The SMILES string of the molecule is CCC1CN2CCc3c([nH]c4c(Cl)ccc(OC)c34)[C@@H]2C[C@@H]1/C(=C\OC)C(=O)OC. The van der Waals surface area contributed by atoms with E-state index < -0.39 is 0 Å². The Hall–Kier alpha value is -2.18. The van der Waals surface area contributed by atoms with Gasteiger partial charge in [-0.25, -0.2) is 4.79 Å². The Kier molecular flexibility index (Phi) is 5.98. The third-order valence-electron chi connectivity index (χ3n) is 6.75. The lowest BCUT2D eigenvalue weighted by Gasteiger charge is -2.46. The van der Waals surface area contributed by atoms with Crippen molar-refractivity contribution < 1.29 is 19.0 Å². The molecule has 7 heteroatoms. The van der Waals surface area contributed by atoms with E-state index in [1.165, 1.54) is 18.4 Å². The van der Waals surface area contributed by atoms with E-state index in [1.54, 1.807) is 20.5 Å². The molecular formula is C23H29ClN2O4. The molecular weight excluding hydrogens is 404 g/mol. The van der Waals surface area contributed by atoms with Crippen LogP contribution in [0, 0.1) is 11.8 Å². The van der Waals surface area contributed by atoms with Crippen LogP contribution in [0.4, 0.5) is 0 Å². The average Bonchev–Trinajstić information content (AvgIpc) is 3.17. The predicted molar refractivity (Wildman–Crippen MR) is 117 cm³/mol. The molecule has 162 valence electrons. The van der Waals surface area contributed by atoms with Gasteiger partial charge in [0.15, 0.2) is 0 Å². The Labute approximate surface area is 182 Å². The van der Waals surface area contributed by atoms with E-state index in [2.05, 4.69) is 16.8 Å². The van der Waals surface area contributed by atoms with Crippen LogP contribution in [0.15, 0.2) is 24.0 Å². The van der Waals surface area contributed by atoms with Gasteiger partial charge in [0.25, 0.3) is 0 Å². The van der Waals surface area contributed by atoms with Crippen molar-refractivity contribution in [1.29, 1.82) is 0 Å². The number of ether oxygens (including phenoxy) is 3. The molecule has 1 aromatic heterocycles.